The monoisotopic (exact) mass is 213 g/mol. The molecular weight excluding hydrogens is 190 g/mol. The molecule has 88 valence electrons. The number of rotatable bonds is 7. The number of hydrogen-bond acceptors (Lipinski definition) is 3. The van der Waals surface area contributed by atoms with E-state index in [9.17, 15) is 4.79 Å². The summed E-state index contributed by atoms with van der Waals surface area (Å²) >= 11 is 0. The molecule has 0 saturated carbocycles. The Morgan fingerprint density at radius 1 is 1.27 bits per heavy atom. The molecule has 15 heavy (non-hydrogen) atoms. The number of primary amides is 1. The van der Waals surface area contributed by atoms with E-state index in [-0.39, 0.29) is 5.91 Å². The molecule has 0 aliphatic rings. The summed E-state index contributed by atoms with van der Waals surface area (Å²) in [5.41, 5.74) is 6.06. The summed E-state index contributed by atoms with van der Waals surface area (Å²) in [4.78, 5) is 13.2. The normalized spacial score (nSPS) is 12.0. The van der Waals surface area contributed by atoms with Crippen molar-refractivity contribution in [2.24, 2.45) is 5.73 Å². The maximum Gasteiger partial charge on any atom is 0.248 e. The van der Waals surface area contributed by atoms with Gasteiger partial charge in [0.2, 0.25) is 5.91 Å². The number of hydrogen-bond donors (Lipinski definition) is 2. The van der Waals surface area contributed by atoms with Crippen LogP contribution in [-0.4, -0.2) is 31.4 Å². The Balaban J connectivity index is 4.88. The van der Waals surface area contributed by atoms with Crippen LogP contribution >= 0.6 is 0 Å². The van der Waals surface area contributed by atoms with E-state index in [1.165, 1.54) is 0 Å². The summed E-state index contributed by atoms with van der Waals surface area (Å²) in [5, 5.41) is 3.24. The second kappa shape index (κ2) is 7.15. The fourth-order valence-corrected chi connectivity index (χ4v) is 1.39. The zero-order valence-electron chi connectivity index (χ0n) is 10.3. The smallest absolute Gasteiger partial charge is 0.248 e. The molecule has 4 heteroatoms. The Labute approximate surface area is 92.5 Å². The lowest BCUT2D eigenvalue weighted by molar-refractivity contribution is -0.114. The molecule has 0 rings (SSSR count). The molecule has 0 unspecified atom stereocenters. The van der Waals surface area contributed by atoms with E-state index in [0.29, 0.717) is 5.57 Å². The Kier molecular flexibility index (Phi) is 6.58. The quantitative estimate of drug-likeness (QED) is 0.621. The Hall–Kier alpha value is -1.19. The van der Waals surface area contributed by atoms with Gasteiger partial charge in [0.05, 0.1) is 5.57 Å². The van der Waals surface area contributed by atoms with E-state index in [0.717, 1.165) is 31.6 Å². The van der Waals surface area contributed by atoms with Crippen molar-refractivity contribution in [1.29, 1.82) is 0 Å². The van der Waals surface area contributed by atoms with Crippen LogP contribution in [0.1, 0.15) is 33.1 Å². The zero-order valence-corrected chi connectivity index (χ0v) is 10.3. The second-order valence-electron chi connectivity index (χ2n) is 3.76. The van der Waals surface area contributed by atoms with Crippen molar-refractivity contribution in [1.82, 2.24) is 10.2 Å². The number of amides is 1. The van der Waals surface area contributed by atoms with Crippen molar-refractivity contribution in [3.8, 4) is 0 Å². The van der Waals surface area contributed by atoms with Gasteiger partial charge in [0.15, 0.2) is 0 Å². The average Bonchev–Trinajstić information content (AvgIpc) is 2.16. The molecule has 0 aromatic carbocycles. The first-order valence-electron chi connectivity index (χ1n) is 5.48. The van der Waals surface area contributed by atoms with Crippen LogP contribution in [0.2, 0.25) is 0 Å². The summed E-state index contributed by atoms with van der Waals surface area (Å²) in [6, 6.07) is 0. The molecule has 0 radical (unpaired) electrons. The van der Waals surface area contributed by atoms with Crippen LogP contribution in [0.15, 0.2) is 11.4 Å². The molecule has 0 atom stereocenters. The highest BCUT2D eigenvalue weighted by atomic mass is 16.1. The summed E-state index contributed by atoms with van der Waals surface area (Å²) in [6.45, 7) is 4.98. The van der Waals surface area contributed by atoms with E-state index >= 15 is 0 Å². The molecule has 0 aliphatic heterocycles. The molecule has 4 nitrogen and oxygen atoms in total. The molecule has 0 aromatic heterocycles. The number of carbonyl (C=O) groups excluding carboxylic acids is 1. The highest BCUT2D eigenvalue weighted by Crippen LogP contribution is 2.10. The molecule has 0 fully saturated rings. The summed E-state index contributed by atoms with van der Waals surface area (Å²) < 4.78 is 0. The van der Waals surface area contributed by atoms with E-state index < -0.39 is 0 Å². The van der Waals surface area contributed by atoms with Gasteiger partial charge in [-0.2, -0.15) is 0 Å². The molecular formula is C11H23N3O. The number of carbonyl (C=O) groups is 1. The predicted molar refractivity (Wildman–Crippen MR) is 63.1 cm³/mol. The van der Waals surface area contributed by atoms with Crippen molar-refractivity contribution in [2.75, 3.05) is 20.6 Å². The van der Waals surface area contributed by atoms with Crippen molar-refractivity contribution >= 4 is 5.91 Å². The lowest BCUT2D eigenvalue weighted by atomic mass is 10.1. The topological polar surface area (TPSA) is 58.4 Å². The van der Waals surface area contributed by atoms with Crippen molar-refractivity contribution in [3.63, 3.8) is 0 Å². The van der Waals surface area contributed by atoms with E-state index in [4.69, 9.17) is 5.73 Å². The van der Waals surface area contributed by atoms with Crippen LogP contribution in [0.25, 0.3) is 0 Å². The van der Waals surface area contributed by atoms with Crippen LogP contribution in [0, 0.1) is 0 Å². The van der Waals surface area contributed by atoms with Crippen molar-refractivity contribution < 1.29 is 4.79 Å². The molecule has 0 aromatic rings. The maximum atomic E-state index is 11.3. The zero-order chi connectivity index (χ0) is 11.8. The number of nitrogens with zero attached hydrogens (tertiary/aromatic N) is 1. The standard InChI is InChI=1S/C11H23N3O/c1-5-7-9(10(12)15)11(14(3)4)13-8-6-2/h13H,5-8H2,1-4H3,(H2,12,15)/b11-9-. The minimum absolute atomic E-state index is 0.329. The second-order valence-corrected chi connectivity index (χ2v) is 3.76. The van der Waals surface area contributed by atoms with E-state index in [1.54, 1.807) is 0 Å². The van der Waals surface area contributed by atoms with Gasteiger partial charge in [-0.1, -0.05) is 20.3 Å². The van der Waals surface area contributed by atoms with Gasteiger partial charge in [-0.05, 0) is 12.8 Å². The third kappa shape index (κ3) is 4.72. The third-order valence-electron chi connectivity index (χ3n) is 2.07. The highest BCUT2D eigenvalue weighted by Gasteiger charge is 2.12. The summed E-state index contributed by atoms with van der Waals surface area (Å²) in [7, 11) is 3.83. The maximum absolute atomic E-state index is 11.3. The SMILES string of the molecule is CCCN/C(=C(\CCC)C(N)=O)N(C)C. The lowest BCUT2D eigenvalue weighted by Gasteiger charge is -2.22. The van der Waals surface area contributed by atoms with Gasteiger partial charge in [-0.15, -0.1) is 0 Å². The Morgan fingerprint density at radius 2 is 1.87 bits per heavy atom. The van der Waals surface area contributed by atoms with Gasteiger partial charge in [-0.25, -0.2) is 0 Å². The van der Waals surface area contributed by atoms with Gasteiger partial charge in [0.1, 0.15) is 5.82 Å². The van der Waals surface area contributed by atoms with Gasteiger partial charge in [0, 0.05) is 20.6 Å². The molecule has 0 aliphatic carbocycles. The molecule has 0 bridgehead atoms. The van der Waals surface area contributed by atoms with Crippen LogP contribution in [-0.2, 0) is 4.79 Å². The largest absolute Gasteiger partial charge is 0.371 e. The summed E-state index contributed by atoms with van der Waals surface area (Å²) in [6.07, 6.45) is 2.67. The van der Waals surface area contributed by atoms with Gasteiger partial charge in [0.25, 0.3) is 0 Å². The van der Waals surface area contributed by atoms with Crippen LogP contribution in [0.3, 0.4) is 0 Å². The predicted octanol–water partition coefficient (Wildman–Crippen LogP) is 1.04. The minimum Gasteiger partial charge on any atom is -0.371 e. The highest BCUT2D eigenvalue weighted by molar-refractivity contribution is 5.92. The minimum atomic E-state index is -0.329. The van der Waals surface area contributed by atoms with E-state index in [1.807, 2.05) is 25.9 Å². The molecule has 0 heterocycles. The molecule has 1 amide bonds. The van der Waals surface area contributed by atoms with E-state index in [2.05, 4.69) is 12.2 Å². The first-order valence-corrected chi connectivity index (χ1v) is 5.48. The Bertz CT molecular complexity index is 234. The fraction of sp³-hybridized carbons (Fsp3) is 0.727. The average molecular weight is 213 g/mol. The number of nitrogens with two attached hydrogens (primary N) is 1. The lowest BCUT2D eigenvalue weighted by Crippen LogP contribution is -2.31. The number of nitrogens with one attached hydrogen (secondary N) is 1. The first kappa shape index (κ1) is 13.8. The van der Waals surface area contributed by atoms with Gasteiger partial charge < -0.3 is 16.0 Å². The first-order chi connectivity index (χ1) is 7.04. The van der Waals surface area contributed by atoms with Crippen LogP contribution in [0.4, 0.5) is 0 Å². The van der Waals surface area contributed by atoms with Crippen LogP contribution < -0.4 is 11.1 Å². The molecule has 3 N–H and O–H groups in total. The molecule has 0 spiro atoms. The Morgan fingerprint density at radius 3 is 2.20 bits per heavy atom. The molecule has 0 saturated heterocycles. The van der Waals surface area contributed by atoms with Crippen molar-refractivity contribution in [2.45, 2.75) is 33.1 Å². The van der Waals surface area contributed by atoms with Crippen molar-refractivity contribution in [3.05, 3.63) is 11.4 Å². The van der Waals surface area contributed by atoms with Gasteiger partial charge in [-0.3, -0.25) is 4.79 Å². The fourth-order valence-electron chi connectivity index (χ4n) is 1.39. The third-order valence-corrected chi connectivity index (χ3v) is 2.07. The van der Waals surface area contributed by atoms with Gasteiger partial charge >= 0.3 is 0 Å². The summed E-state index contributed by atoms with van der Waals surface area (Å²) in [5.74, 6) is 0.523. The van der Waals surface area contributed by atoms with Crippen LogP contribution in [0.5, 0.6) is 0 Å².